The number of ketones is 2. The molecule has 9 atom stereocenters. The molecule has 9 unspecified atom stereocenters. The zero-order chi connectivity index (χ0) is 26.8. The monoisotopic (exact) mass is 498 g/mol. The maximum absolute atomic E-state index is 14.2. The van der Waals surface area contributed by atoms with E-state index in [4.69, 9.17) is 4.74 Å². The largest absolute Gasteiger partial charge is 0.462 e. The number of esters is 1. The van der Waals surface area contributed by atoms with Crippen LogP contribution in [0.4, 0.5) is 0 Å². The quantitative estimate of drug-likeness (QED) is 0.284. The van der Waals surface area contributed by atoms with Gasteiger partial charge in [0.25, 0.3) is 0 Å². The number of hydrogen-bond acceptors (Lipinski definition) is 4. The average Bonchev–Trinajstić information content (AvgIpc) is 3.02. The van der Waals surface area contributed by atoms with E-state index < -0.39 is 0 Å². The summed E-state index contributed by atoms with van der Waals surface area (Å²) in [6, 6.07) is 0. The van der Waals surface area contributed by atoms with E-state index in [1.54, 1.807) is 0 Å². The van der Waals surface area contributed by atoms with Gasteiger partial charge >= 0.3 is 5.97 Å². The molecule has 0 aromatic heterocycles. The van der Waals surface area contributed by atoms with Crippen molar-refractivity contribution in [2.75, 3.05) is 0 Å². The van der Waals surface area contributed by atoms with Crippen LogP contribution in [-0.4, -0.2) is 23.6 Å². The van der Waals surface area contributed by atoms with Gasteiger partial charge in [0.1, 0.15) is 17.7 Å². The van der Waals surface area contributed by atoms with Crippen LogP contribution < -0.4 is 0 Å². The Morgan fingerprint density at radius 3 is 2.28 bits per heavy atom. The zero-order valence-corrected chi connectivity index (χ0v) is 24.2. The molecule has 0 aromatic rings. The minimum absolute atomic E-state index is 0.0482. The van der Waals surface area contributed by atoms with Gasteiger partial charge in [-0.2, -0.15) is 0 Å². The summed E-state index contributed by atoms with van der Waals surface area (Å²) in [5.74, 6) is 1.03. The lowest BCUT2D eigenvalue weighted by Gasteiger charge is -2.65. The first-order chi connectivity index (χ1) is 16.6. The number of carbonyl (C=O) groups excluding carboxylic acids is 3. The Kier molecular flexibility index (Phi) is 6.96. The Labute approximate surface area is 219 Å². The van der Waals surface area contributed by atoms with Crippen LogP contribution >= 0.6 is 0 Å². The smallest absolute Gasteiger partial charge is 0.302 e. The normalized spacial score (nSPS) is 44.3. The molecule has 4 nitrogen and oxygen atoms in total. The lowest BCUT2D eigenvalue weighted by molar-refractivity contribution is -0.206. The van der Waals surface area contributed by atoms with Crippen molar-refractivity contribution in [3.63, 3.8) is 0 Å². The molecule has 4 fully saturated rings. The van der Waals surface area contributed by atoms with Crippen molar-refractivity contribution >= 4 is 17.5 Å². The summed E-state index contributed by atoms with van der Waals surface area (Å²) in [5.41, 5.74) is 0.405. The van der Waals surface area contributed by atoms with Gasteiger partial charge in [-0.3, -0.25) is 14.4 Å². The predicted octanol–water partition coefficient (Wildman–Crippen LogP) is 7.34. The van der Waals surface area contributed by atoms with Crippen LogP contribution in [0, 0.1) is 51.2 Å². The van der Waals surface area contributed by atoms with Gasteiger partial charge in [-0.15, -0.1) is 6.58 Å². The van der Waals surface area contributed by atoms with Gasteiger partial charge in [-0.1, -0.05) is 53.5 Å². The van der Waals surface area contributed by atoms with Gasteiger partial charge in [0.15, 0.2) is 0 Å². The van der Waals surface area contributed by atoms with Crippen molar-refractivity contribution in [2.45, 2.75) is 119 Å². The Bertz CT molecular complexity index is 948. The van der Waals surface area contributed by atoms with Crippen LogP contribution in [0.25, 0.3) is 0 Å². The van der Waals surface area contributed by atoms with Crippen molar-refractivity contribution in [1.29, 1.82) is 0 Å². The highest BCUT2D eigenvalue weighted by molar-refractivity contribution is 5.95. The first kappa shape index (κ1) is 27.6. The fourth-order valence-corrected chi connectivity index (χ4v) is 10.2. The third-order valence-corrected chi connectivity index (χ3v) is 12.2. The van der Waals surface area contributed by atoms with Crippen molar-refractivity contribution in [3.05, 3.63) is 12.2 Å². The number of hydrogen-bond donors (Lipinski definition) is 0. The highest BCUT2D eigenvalue weighted by Gasteiger charge is 2.72. The van der Waals surface area contributed by atoms with Crippen LogP contribution in [0.3, 0.4) is 0 Å². The molecule has 36 heavy (non-hydrogen) atoms. The molecule has 4 saturated carbocycles. The van der Waals surface area contributed by atoms with Crippen molar-refractivity contribution < 1.29 is 19.1 Å². The fourth-order valence-electron chi connectivity index (χ4n) is 10.2. The maximum Gasteiger partial charge on any atom is 0.302 e. The molecule has 0 aromatic carbocycles. The van der Waals surface area contributed by atoms with Crippen LogP contribution in [0.1, 0.15) is 113 Å². The Morgan fingerprint density at radius 2 is 1.67 bits per heavy atom. The van der Waals surface area contributed by atoms with E-state index in [-0.39, 0.29) is 57.3 Å². The molecule has 0 spiro atoms. The summed E-state index contributed by atoms with van der Waals surface area (Å²) in [7, 11) is 0. The molecule has 0 radical (unpaired) electrons. The summed E-state index contributed by atoms with van der Waals surface area (Å²) in [6.07, 6.45) is 8.04. The summed E-state index contributed by atoms with van der Waals surface area (Å²) < 4.78 is 5.75. The summed E-state index contributed by atoms with van der Waals surface area (Å²) in [6.45, 7) is 21.3. The molecule has 202 valence electrons. The summed E-state index contributed by atoms with van der Waals surface area (Å²) in [4.78, 5) is 40.2. The van der Waals surface area contributed by atoms with Gasteiger partial charge in [0.05, 0.1) is 0 Å². The number of Topliss-reactive ketones (excluding diaryl/α,β-unsaturated/α-hetero) is 2. The second-order valence-electron chi connectivity index (χ2n) is 14.6. The zero-order valence-electron chi connectivity index (χ0n) is 24.2. The highest BCUT2D eigenvalue weighted by atomic mass is 16.5. The summed E-state index contributed by atoms with van der Waals surface area (Å²) in [5, 5.41) is 0. The topological polar surface area (TPSA) is 60.4 Å². The van der Waals surface area contributed by atoms with Crippen molar-refractivity contribution in [1.82, 2.24) is 0 Å². The van der Waals surface area contributed by atoms with E-state index in [0.29, 0.717) is 30.5 Å². The maximum atomic E-state index is 14.2. The minimum atomic E-state index is -0.336. The van der Waals surface area contributed by atoms with Crippen LogP contribution in [0.15, 0.2) is 12.2 Å². The third kappa shape index (κ3) is 3.95. The second kappa shape index (κ2) is 9.09. The molecule has 0 amide bonds. The van der Waals surface area contributed by atoms with E-state index in [1.807, 2.05) is 0 Å². The molecule has 0 aliphatic heterocycles. The molecule has 4 heteroatoms. The molecule has 4 aliphatic carbocycles. The molecule has 4 rings (SSSR count). The number of rotatable bonds is 6. The van der Waals surface area contributed by atoms with Crippen LogP contribution in [0.2, 0.25) is 0 Å². The number of ether oxygens (including phenoxy) is 1. The van der Waals surface area contributed by atoms with E-state index >= 15 is 0 Å². The molecule has 0 heterocycles. The Balaban J connectivity index is 1.66. The number of fused-ring (bicyclic) bond motifs is 5. The predicted molar refractivity (Wildman–Crippen MR) is 143 cm³/mol. The van der Waals surface area contributed by atoms with Gasteiger partial charge < -0.3 is 4.74 Å². The molecule has 4 aliphatic rings. The van der Waals surface area contributed by atoms with E-state index in [9.17, 15) is 14.4 Å². The summed E-state index contributed by atoms with van der Waals surface area (Å²) >= 11 is 0. The molecule has 0 saturated heterocycles. The average molecular weight is 499 g/mol. The highest BCUT2D eigenvalue weighted by Crippen LogP contribution is 2.73. The first-order valence-electron chi connectivity index (χ1n) is 14.5. The van der Waals surface area contributed by atoms with Gasteiger partial charge in [0.2, 0.25) is 0 Å². The molecule has 0 bridgehead atoms. The fraction of sp³-hybridized carbons (Fsp3) is 0.844. The lowest BCUT2D eigenvalue weighted by Crippen LogP contribution is -2.67. The van der Waals surface area contributed by atoms with Crippen molar-refractivity contribution in [3.8, 4) is 0 Å². The van der Waals surface area contributed by atoms with Crippen LogP contribution in [0.5, 0.6) is 0 Å². The van der Waals surface area contributed by atoms with Gasteiger partial charge in [0, 0.05) is 37.0 Å². The first-order valence-corrected chi connectivity index (χ1v) is 14.5. The lowest BCUT2D eigenvalue weighted by atomic mass is 9.37. The SMILES string of the molecule is C=C(C)CCCC(C)C1CCC2(C)C3C(=O)CC4C(C)(C)C(OC(C)=O)CCC4(C)C3C(=O)CC12C. The van der Waals surface area contributed by atoms with Crippen molar-refractivity contribution in [2.24, 2.45) is 51.2 Å². The van der Waals surface area contributed by atoms with E-state index in [0.717, 1.165) is 44.9 Å². The molecular formula is C32H50O4. The second-order valence-corrected chi connectivity index (χ2v) is 14.6. The third-order valence-electron chi connectivity index (χ3n) is 12.2. The Morgan fingerprint density at radius 1 is 1.00 bits per heavy atom. The molecule has 0 N–H and O–H groups in total. The van der Waals surface area contributed by atoms with E-state index in [1.165, 1.54) is 12.5 Å². The number of allylic oxidation sites excluding steroid dienone is 1. The minimum Gasteiger partial charge on any atom is -0.462 e. The van der Waals surface area contributed by atoms with Gasteiger partial charge in [-0.25, -0.2) is 0 Å². The standard InChI is InChI=1S/C32H50O4/c1-19(2)11-10-12-20(3)22-13-16-31(8)28-23(34)17-25-29(5,6)26(36-21(4)33)14-15-30(25,7)27(28)24(35)18-32(22,31)9/h20,22,25-28H,1,10-18H2,2-9H3. The molecular weight excluding hydrogens is 448 g/mol. The Hall–Kier alpha value is -1.45. The van der Waals surface area contributed by atoms with Gasteiger partial charge in [-0.05, 0) is 79.4 Å². The number of carbonyl (C=O) groups is 3. The van der Waals surface area contributed by atoms with Crippen LogP contribution in [-0.2, 0) is 19.1 Å². The van der Waals surface area contributed by atoms with E-state index in [2.05, 4.69) is 55.0 Å².